The molecule has 0 radical (unpaired) electrons. The molecule has 1 aliphatic rings. The summed E-state index contributed by atoms with van der Waals surface area (Å²) in [6.07, 6.45) is 2.89. The van der Waals surface area contributed by atoms with Crippen LogP contribution in [0.4, 0.5) is 0 Å². The maximum absolute atomic E-state index is 11.3. The standard InChI is InChI=1S/C9H12N2O2S2/c1-3-13-8(12)6(2)15-9(14)7-10-4-5-11-7/h4-7H,3H2,1-2H3. The molecule has 0 spiro atoms. The molecule has 4 nitrogen and oxygen atoms in total. The van der Waals surface area contributed by atoms with E-state index in [1.165, 1.54) is 11.8 Å². The Hall–Kier alpha value is -0.750. The molecule has 0 aliphatic carbocycles. The Morgan fingerprint density at radius 1 is 1.60 bits per heavy atom. The zero-order valence-electron chi connectivity index (χ0n) is 8.54. The fourth-order valence-electron chi connectivity index (χ4n) is 0.943. The van der Waals surface area contributed by atoms with Crippen LogP contribution >= 0.6 is 24.0 Å². The van der Waals surface area contributed by atoms with E-state index in [0.29, 0.717) is 10.8 Å². The summed E-state index contributed by atoms with van der Waals surface area (Å²) in [6.45, 7) is 3.92. The zero-order chi connectivity index (χ0) is 11.3. The number of nitrogens with zero attached hydrogens (tertiary/aromatic N) is 2. The summed E-state index contributed by atoms with van der Waals surface area (Å²) in [5.41, 5.74) is 0. The van der Waals surface area contributed by atoms with Gasteiger partial charge in [0.1, 0.15) is 5.25 Å². The largest absolute Gasteiger partial charge is 0.465 e. The quantitative estimate of drug-likeness (QED) is 0.555. The molecule has 0 aromatic rings. The van der Waals surface area contributed by atoms with Crippen molar-refractivity contribution < 1.29 is 9.53 Å². The van der Waals surface area contributed by atoms with Crippen molar-refractivity contribution in [1.82, 2.24) is 0 Å². The smallest absolute Gasteiger partial charge is 0.319 e. The molecular formula is C9H12N2O2S2. The molecule has 1 rings (SSSR count). The van der Waals surface area contributed by atoms with Gasteiger partial charge in [-0.1, -0.05) is 24.0 Å². The topological polar surface area (TPSA) is 51.0 Å². The van der Waals surface area contributed by atoms with Gasteiger partial charge in [0.15, 0.2) is 6.17 Å². The lowest BCUT2D eigenvalue weighted by atomic mass is 10.5. The van der Waals surface area contributed by atoms with E-state index in [1.807, 2.05) is 0 Å². The molecule has 0 saturated heterocycles. The molecule has 0 N–H and O–H groups in total. The summed E-state index contributed by atoms with van der Waals surface area (Å²) in [4.78, 5) is 19.4. The van der Waals surface area contributed by atoms with Gasteiger partial charge < -0.3 is 4.74 Å². The van der Waals surface area contributed by atoms with Gasteiger partial charge in [-0.2, -0.15) is 0 Å². The van der Waals surface area contributed by atoms with Gasteiger partial charge in [-0.05, 0) is 13.8 Å². The number of hydrogen-bond acceptors (Lipinski definition) is 6. The number of hydrogen-bond donors (Lipinski definition) is 0. The van der Waals surface area contributed by atoms with E-state index in [1.54, 1.807) is 26.3 Å². The van der Waals surface area contributed by atoms with Crippen LogP contribution in [0.1, 0.15) is 13.8 Å². The Balaban J connectivity index is 2.40. The molecule has 0 amide bonds. The molecule has 1 atom stereocenters. The van der Waals surface area contributed by atoms with E-state index in [2.05, 4.69) is 9.98 Å². The average molecular weight is 244 g/mol. The second-order valence-electron chi connectivity index (χ2n) is 2.80. The summed E-state index contributed by atoms with van der Waals surface area (Å²) < 4.78 is 5.47. The van der Waals surface area contributed by atoms with Crippen LogP contribution in [0.3, 0.4) is 0 Å². The fourth-order valence-corrected chi connectivity index (χ4v) is 2.25. The second kappa shape index (κ2) is 5.97. The van der Waals surface area contributed by atoms with Gasteiger partial charge in [0.05, 0.1) is 10.8 Å². The maximum Gasteiger partial charge on any atom is 0.319 e. The maximum atomic E-state index is 11.3. The van der Waals surface area contributed by atoms with Crippen LogP contribution in [0.2, 0.25) is 0 Å². The molecule has 1 heterocycles. The van der Waals surface area contributed by atoms with Gasteiger partial charge in [0, 0.05) is 12.4 Å². The molecular weight excluding hydrogens is 232 g/mol. The number of ether oxygens (including phenoxy) is 1. The number of carbonyl (C=O) groups is 1. The first-order chi connectivity index (χ1) is 7.15. The summed E-state index contributed by atoms with van der Waals surface area (Å²) in [5.74, 6) is -0.254. The minimum absolute atomic E-state index is 0.254. The first-order valence-electron chi connectivity index (χ1n) is 4.57. The van der Waals surface area contributed by atoms with E-state index in [-0.39, 0.29) is 17.4 Å². The summed E-state index contributed by atoms with van der Waals surface area (Å²) in [6, 6.07) is 0. The van der Waals surface area contributed by atoms with Crippen molar-refractivity contribution in [3.05, 3.63) is 0 Å². The van der Waals surface area contributed by atoms with Crippen LogP contribution in [-0.4, -0.2) is 40.6 Å². The Kier molecular flexibility index (Phi) is 4.90. The third-order valence-corrected chi connectivity index (χ3v) is 3.13. The van der Waals surface area contributed by atoms with E-state index in [0.717, 1.165) is 0 Å². The molecule has 0 aromatic carbocycles. The average Bonchev–Trinajstić information content (AvgIpc) is 2.70. The van der Waals surface area contributed by atoms with Crippen LogP contribution in [0, 0.1) is 0 Å². The lowest BCUT2D eigenvalue weighted by molar-refractivity contribution is -0.142. The first kappa shape index (κ1) is 12.3. The van der Waals surface area contributed by atoms with Gasteiger partial charge in [-0.3, -0.25) is 14.8 Å². The minimum atomic E-state index is -0.318. The normalized spacial score (nSPS) is 16.7. The highest BCUT2D eigenvalue weighted by atomic mass is 32.2. The molecule has 0 saturated carbocycles. The Bertz CT molecular complexity index is 303. The van der Waals surface area contributed by atoms with Crippen LogP contribution in [0.15, 0.2) is 9.98 Å². The number of aliphatic imine (C=N–C) groups is 2. The Morgan fingerprint density at radius 2 is 2.20 bits per heavy atom. The highest BCUT2D eigenvalue weighted by molar-refractivity contribution is 8.24. The predicted molar refractivity (Wildman–Crippen MR) is 67.1 cm³/mol. The molecule has 0 bridgehead atoms. The number of rotatable bonds is 4. The Labute approximate surface area is 98.2 Å². The number of esters is 1. The molecule has 6 heteroatoms. The summed E-state index contributed by atoms with van der Waals surface area (Å²) in [7, 11) is 0. The zero-order valence-corrected chi connectivity index (χ0v) is 10.2. The lowest BCUT2D eigenvalue weighted by Gasteiger charge is -2.11. The van der Waals surface area contributed by atoms with Gasteiger partial charge in [-0.25, -0.2) is 0 Å². The van der Waals surface area contributed by atoms with Crippen LogP contribution in [0.25, 0.3) is 0 Å². The number of thioether (sulfide) groups is 1. The van der Waals surface area contributed by atoms with E-state index in [4.69, 9.17) is 17.0 Å². The number of thiocarbonyl (C=S) groups is 1. The first-order valence-corrected chi connectivity index (χ1v) is 5.86. The predicted octanol–water partition coefficient (Wildman–Crippen LogP) is 1.48. The van der Waals surface area contributed by atoms with E-state index < -0.39 is 0 Å². The van der Waals surface area contributed by atoms with Gasteiger partial charge in [0.2, 0.25) is 0 Å². The second-order valence-corrected chi connectivity index (χ2v) is 4.88. The monoisotopic (exact) mass is 244 g/mol. The van der Waals surface area contributed by atoms with Gasteiger partial charge in [0.25, 0.3) is 0 Å². The molecule has 1 aliphatic heterocycles. The van der Waals surface area contributed by atoms with Crippen LogP contribution in [-0.2, 0) is 9.53 Å². The summed E-state index contributed by atoms with van der Waals surface area (Å²) in [5, 5.41) is -0.302. The Morgan fingerprint density at radius 3 is 2.73 bits per heavy atom. The lowest BCUT2D eigenvalue weighted by Crippen LogP contribution is -2.21. The van der Waals surface area contributed by atoms with Crippen LogP contribution in [0.5, 0.6) is 0 Å². The van der Waals surface area contributed by atoms with Crippen molar-refractivity contribution in [2.75, 3.05) is 6.61 Å². The van der Waals surface area contributed by atoms with Crippen molar-refractivity contribution in [3.63, 3.8) is 0 Å². The van der Waals surface area contributed by atoms with Crippen molar-refractivity contribution >= 4 is 46.6 Å². The van der Waals surface area contributed by atoms with Gasteiger partial charge >= 0.3 is 5.97 Å². The molecule has 15 heavy (non-hydrogen) atoms. The van der Waals surface area contributed by atoms with Crippen LogP contribution < -0.4 is 0 Å². The van der Waals surface area contributed by atoms with Crippen molar-refractivity contribution in [1.29, 1.82) is 0 Å². The summed E-state index contributed by atoms with van der Waals surface area (Å²) >= 11 is 6.40. The van der Waals surface area contributed by atoms with Gasteiger partial charge in [-0.15, -0.1) is 0 Å². The highest BCUT2D eigenvalue weighted by Gasteiger charge is 2.21. The fraction of sp³-hybridized carbons (Fsp3) is 0.556. The molecule has 82 valence electrons. The van der Waals surface area contributed by atoms with Crippen molar-refractivity contribution in [3.8, 4) is 0 Å². The highest BCUT2D eigenvalue weighted by Crippen LogP contribution is 2.19. The van der Waals surface area contributed by atoms with Crippen molar-refractivity contribution in [2.24, 2.45) is 9.98 Å². The number of carbonyl (C=O) groups excluding carboxylic acids is 1. The molecule has 1 unspecified atom stereocenters. The third-order valence-electron chi connectivity index (χ3n) is 1.64. The van der Waals surface area contributed by atoms with E-state index in [9.17, 15) is 4.79 Å². The minimum Gasteiger partial charge on any atom is -0.465 e. The van der Waals surface area contributed by atoms with Crippen molar-refractivity contribution in [2.45, 2.75) is 25.3 Å². The third kappa shape index (κ3) is 3.71. The SMILES string of the molecule is CCOC(=O)C(C)SC(=S)C1N=CC=N1. The molecule has 0 fully saturated rings. The molecule has 0 aromatic heterocycles. The van der Waals surface area contributed by atoms with E-state index >= 15 is 0 Å².